The van der Waals surface area contributed by atoms with Crippen molar-refractivity contribution in [2.45, 2.75) is 52.2 Å². The van der Waals surface area contributed by atoms with Gasteiger partial charge >= 0.3 is 6.09 Å². The van der Waals surface area contributed by atoms with E-state index in [0.29, 0.717) is 19.5 Å². The van der Waals surface area contributed by atoms with Crippen LogP contribution in [0.4, 0.5) is 4.79 Å². The summed E-state index contributed by atoms with van der Waals surface area (Å²) < 4.78 is 7.51. The molecular formula is C15H25N3O3. The van der Waals surface area contributed by atoms with E-state index >= 15 is 0 Å². The number of nitrogens with zero attached hydrogens (tertiary/aromatic N) is 3. The van der Waals surface area contributed by atoms with Crippen molar-refractivity contribution in [3.05, 3.63) is 17.2 Å². The number of aromatic nitrogens is 2. The Bertz CT molecular complexity index is 517. The molecule has 0 bridgehead atoms. The lowest BCUT2D eigenvalue weighted by Crippen LogP contribution is -2.40. The van der Waals surface area contributed by atoms with E-state index in [9.17, 15) is 4.79 Å². The van der Waals surface area contributed by atoms with E-state index in [4.69, 9.17) is 9.84 Å². The van der Waals surface area contributed by atoms with Crippen molar-refractivity contribution < 1.29 is 14.6 Å². The second-order valence-electron chi connectivity index (χ2n) is 6.46. The van der Waals surface area contributed by atoms with Gasteiger partial charge in [-0.25, -0.2) is 9.78 Å². The van der Waals surface area contributed by atoms with Crippen LogP contribution in [0.25, 0.3) is 0 Å². The fourth-order valence-corrected chi connectivity index (χ4v) is 2.53. The maximum atomic E-state index is 12.1. The normalized spacial score (nSPS) is 15.0. The average molecular weight is 295 g/mol. The molecule has 118 valence electrons. The average Bonchev–Trinajstić information content (AvgIpc) is 2.70. The Morgan fingerprint density at radius 2 is 2.14 bits per heavy atom. The Morgan fingerprint density at radius 1 is 1.43 bits per heavy atom. The zero-order valence-corrected chi connectivity index (χ0v) is 13.3. The number of ether oxygens (including phenoxy) is 1. The van der Waals surface area contributed by atoms with E-state index in [0.717, 1.165) is 24.4 Å². The third-order valence-electron chi connectivity index (χ3n) is 3.56. The lowest BCUT2D eigenvalue weighted by atomic mass is 10.1. The number of aliphatic hydroxyl groups excluding tert-OH is 1. The molecule has 2 heterocycles. The summed E-state index contributed by atoms with van der Waals surface area (Å²) in [6, 6.07) is 0. The van der Waals surface area contributed by atoms with E-state index in [2.05, 4.69) is 9.55 Å². The van der Waals surface area contributed by atoms with Crippen LogP contribution in [0.15, 0.2) is 0 Å². The summed E-state index contributed by atoms with van der Waals surface area (Å²) in [6.07, 6.45) is 1.97. The molecule has 0 saturated heterocycles. The molecule has 1 N–H and O–H groups in total. The second kappa shape index (κ2) is 6.05. The number of hydrogen-bond donors (Lipinski definition) is 1. The van der Waals surface area contributed by atoms with E-state index in [1.165, 1.54) is 5.69 Å². The van der Waals surface area contributed by atoms with Crippen molar-refractivity contribution in [2.75, 3.05) is 13.2 Å². The van der Waals surface area contributed by atoms with Gasteiger partial charge in [0.1, 0.15) is 11.4 Å². The zero-order chi connectivity index (χ0) is 15.6. The quantitative estimate of drug-likeness (QED) is 0.920. The third-order valence-corrected chi connectivity index (χ3v) is 3.56. The molecule has 0 atom stereocenters. The number of amides is 1. The molecule has 6 heteroatoms. The third kappa shape index (κ3) is 3.75. The van der Waals surface area contributed by atoms with E-state index in [1.54, 1.807) is 4.90 Å². The molecule has 0 radical (unpaired) electrons. The molecule has 0 spiro atoms. The first kappa shape index (κ1) is 15.8. The molecule has 1 aromatic rings. The number of carbonyl (C=O) groups excluding carboxylic acids is 1. The van der Waals surface area contributed by atoms with Gasteiger partial charge in [0.25, 0.3) is 0 Å². The van der Waals surface area contributed by atoms with Crippen molar-refractivity contribution in [1.82, 2.24) is 14.5 Å². The Kier molecular flexibility index (Phi) is 4.56. The van der Waals surface area contributed by atoms with Gasteiger partial charge in [-0.15, -0.1) is 0 Å². The molecule has 2 rings (SSSR count). The van der Waals surface area contributed by atoms with Crippen molar-refractivity contribution in [1.29, 1.82) is 0 Å². The Hall–Kier alpha value is -1.56. The van der Waals surface area contributed by atoms with Gasteiger partial charge in [0, 0.05) is 38.7 Å². The summed E-state index contributed by atoms with van der Waals surface area (Å²) in [5.41, 5.74) is 1.65. The largest absolute Gasteiger partial charge is 0.444 e. The Balaban J connectivity index is 2.08. The van der Waals surface area contributed by atoms with Gasteiger partial charge in [-0.3, -0.25) is 0 Å². The van der Waals surface area contributed by atoms with Crippen molar-refractivity contribution in [3.63, 3.8) is 0 Å². The predicted octanol–water partition coefficient (Wildman–Crippen LogP) is 1.64. The number of imidazole rings is 1. The summed E-state index contributed by atoms with van der Waals surface area (Å²) in [5, 5.41) is 8.94. The SMILES string of the molecule is Cn1c(CCCO)nc2c1CCN(C(=O)OC(C)(C)C)C2. The van der Waals surface area contributed by atoms with Gasteiger partial charge in [0.05, 0.1) is 12.2 Å². The standard InChI is InChI=1S/C15H25N3O3/c1-15(2,3)21-14(20)18-8-7-12-11(10-18)16-13(17(12)4)6-5-9-19/h19H,5-10H2,1-4H3. The first-order chi connectivity index (χ1) is 9.81. The number of carbonyl (C=O) groups is 1. The van der Waals surface area contributed by atoms with Crippen LogP contribution < -0.4 is 0 Å². The lowest BCUT2D eigenvalue weighted by molar-refractivity contribution is 0.0220. The molecule has 1 aliphatic heterocycles. The van der Waals surface area contributed by atoms with Crippen LogP contribution in [0.3, 0.4) is 0 Å². The lowest BCUT2D eigenvalue weighted by Gasteiger charge is -2.29. The summed E-state index contributed by atoms with van der Waals surface area (Å²) >= 11 is 0. The smallest absolute Gasteiger partial charge is 0.410 e. The van der Waals surface area contributed by atoms with Gasteiger partial charge in [0.2, 0.25) is 0 Å². The summed E-state index contributed by atoms with van der Waals surface area (Å²) in [7, 11) is 2.00. The minimum Gasteiger partial charge on any atom is -0.444 e. The van der Waals surface area contributed by atoms with E-state index < -0.39 is 5.60 Å². The minimum atomic E-state index is -0.478. The summed E-state index contributed by atoms with van der Waals surface area (Å²) in [6.45, 7) is 6.93. The first-order valence-corrected chi connectivity index (χ1v) is 7.44. The topological polar surface area (TPSA) is 67.6 Å². The van der Waals surface area contributed by atoms with E-state index in [-0.39, 0.29) is 12.7 Å². The summed E-state index contributed by atoms with van der Waals surface area (Å²) in [4.78, 5) is 18.4. The highest BCUT2D eigenvalue weighted by Crippen LogP contribution is 2.21. The number of aliphatic hydroxyl groups is 1. The van der Waals surface area contributed by atoms with Crippen molar-refractivity contribution in [2.24, 2.45) is 7.05 Å². The van der Waals surface area contributed by atoms with Gasteiger partial charge in [-0.1, -0.05) is 0 Å². The molecule has 6 nitrogen and oxygen atoms in total. The molecule has 1 aromatic heterocycles. The molecule has 21 heavy (non-hydrogen) atoms. The number of aryl methyl sites for hydroxylation is 1. The van der Waals surface area contributed by atoms with Crippen LogP contribution in [0, 0.1) is 0 Å². The number of fused-ring (bicyclic) bond motifs is 1. The molecule has 0 aliphatic carbocycles. The fourth-order valence-electron chi connectivity index (χ4n) is 2.53. The van der Waals surface area contributed by atoms with Crippen LogP contribution in [0.2, 0.25) is 0 Å². The monoisotopic (exact) mass is 295 g/mol. The van der Waals surface area contributed by atoms with Crippen LogP contribution in [0.5, 0.6) is 0 Å². The highest BCUT2D eigenvalue weighted by molar-refractivity contribution is 5.68. The Labute approximate surface area is 125 Å². The van der Waals surface area contributed by atoms with Crippen molar-refractivity contribution >= 4 is 6.09 Å². The van der Waals surface area contributed by atoms with Crippen LogP contribution in [-0.4, -0.2) is 44.4 Å². The number of hydrogen-bond acceptors (Lipinski definition) is 4. The molecule has 1 amide bonds. The van der Waals surface area contributed by atoms with Crippen LogP contribution in [0.1, 0.15) is 44.4 Å². The van der Waals surface area contributed by atoms with Crippen LogP contribution in [-0.2, 0) is 31.2 Å². The molecular weight excluding hydrogens is 270 g/mol. The van der Waals surface area contributed by atoms with Crippen molar-refractivity contribution in [3.8, 4) is 0 Å². The maximum absolute atomic E-state index is 12.1. The van der Waals surface area contributed by atoms with Crippen LogP contribution >= 0.6 is 0 Å². The van der Waals surface area contributed by atoms with Gasteiger partial charge in [-0.05, 0) is 27.2 Å². The zero-order valence-electron chi connectivity index (χ0n) is 13.3. The predicted molar refractivity (Wildman–Crippen MR) is 79.0 cm³/mol. The molecule has 1 aliphatic rings. The molecule has 0 saturated carbocycles. The van der Waals surface area contributed by atoms with E-state index in [1.807, 2.05) is 27.8 Å². The highest BCUT2D eigenvalue weighted by Gasteiger charge is 2.28. The summed E-state index contributed by atoms with van der Waals surface area (Å²) in [5.74, 6) is 0.972. The fraction of sp³-hybridized carbons (Fsp3) is 0.733. The highest BCUT2D eigenvalue weighted by atomic mass is 16.6. The maximum Gasteiger partial charge on any atom is 0.410 e. The number of rotatable bonds is 3. The van der Waals surface area contributed by atoms with Gasteiger partial charge in [0.15, 0.2) is 0 Å². The van der Waals surface area contributed by atoms with Gasteiger partial charge < -0.3 is 19.3 Å². The Morgan fingerprint density at radius 3 is 2.76 bits per heavy atom. The minimum absolute atomic E-state index is 0.168. The molecule has 0 aromatic carbocycles. The first-order valence-electron chi connectivity index (χ1n) is 7.44. The molecule has 0 unspecified atom stereocenters. The van der Waals surface area contributed by atoms with Gasteiger partial charge in [-0.2, -0.15) is 0 Å². The molecule has 0 fully saturated rings. The second-order valence-corrected chi connectivity index (χ2v) is 6.46.